The van der Waals surface area contributed by atoms with Gasteiger partial charge >= 0.3 is 0 Å². The van der Waals surface area contributed by atoms with Gasteiger partial charge in [-0.25, -0.2) is 0 Å². The van der Waals surface area contributed by atoms with Gasteiger partial charge in [-0.2, -0.15) is 0 Å². The van der Waals surface area contributed by atoms with Crippen molar-refractivity contribution in [1.29, 1.82) is 0 Å². The number of hydrogen-bond acceptors (Lipinski definition) is 3. The van der Waals surface area contributed by atoms with E-state index in [-0.39, 0.29) is 4.99 Å². The fourth-order valence-electron chi connectivity index (χ4n) is 1.42. The van der Waals surface area contributed by atoms with E-state index in [9.17, 15) is 0 Å². The molecule has 1 heterocycles. The van der Waals surface area contributed by atoms with Gasteiger partial charge in [-0.05, 0) is 29.8 Å². The van der Waals surface area contributed by atoms with E-state index >= 15 is 0 Å². The molecule has 2 aromatic rings. The van der Waals surface area contributed by atoms with E-state index in [1.165, 1.54) is 0 Å². The number of benzene rings is 1. The average Bonchev–Trinajstić information content (AvgIpc) is 2.38. The third-order valence-corrected chi connectivity index (χ3v) is 2.83. The third kappa shape index (κ3) is 3.18. The van der Waals surface area contributed by atoms with Crippen molar-refractivity contribution in [2.75, 3.05) is 0 Å². The van der Waals surface area contributed by atoms with Gasteiger partial charge in [-0.1, -0.05) is 36.0 Å². The van der Waals surface area contributed by atoms with Crippen molar-refractivity contribution in [3.05, 3.63) is 58.9 Å². The highest BCUT2D eigenvalue weighted by atomic mass is 35.5. The highest BCUT2D eigenvalue weighted by molar-refractivity contribution is 7.80. The fourth-order valence-corrected chi connectivity index (χ4v) is 1.72. The Hall–Kier alpha value is -1.65. The zero-order valence-corrected chi connectivity index (χ0v) is 11.0. The molecule has 0 amide bonds. The Balaban J connectivity index is 2.09. The van der Waals surface area contributed by atoms with Crippen LogP contribution in [0.15, 0.2) is 42.6 Å². The van der Waals surface area contributed by atoms with Gasteiger partial charge in [-0.3, -0.25) is 4.98 Å². The van der Waals surface area contributed by atoms with Crippen molar-refractivity contribution in [2.45, 2.75) is 6.61 Å². The molecule has 0 saturated heterocycles. The molecular formula is C13H11ClN2OS. The van der Waals surface area contributed by atoms with Gasteiger partial charge in [0.1, 0.15) is 17.3 Å². The molecular weight excluding hydrogens is 268 g/mol. The zero-order valence-electron chi connectivity index (χ0n) is 9.47. The summed E-state index contributed by atoms with van der Waals surface area (Å²) in [6.07, 6.45) is 1.65. The van der Waals surface area contributed by atoms with Crippen LogP contribution in [0.25, 0.3) is 0 Å². The normalized spacial score (nSPS) is 10.1. The molecule has 0 aliphatic heterocycles. The summed E-state index contributed by atoms with van der Waals surface area (Å²) in [6, 6.07) is 11.0. The van der Waals surface area contributed by atoms with Gasteiger partial charge in [0, 0.05) is 6.20 Å². The molecule has 92 valence electrons. The number of thiocarbonyl (C=S) groups is 1. The van der Waals surface area contributed by atoms with Crippen LogP contribution in [0.1, 0.15) is 11.3 Å². The maximum atomic E-state index is 5.99. The van der Waals surface area contributed by atoms with Gasteiger partial charge in [0.25, 0.3) is 0 Å². The standard InChI is InChI=1S/C13H11ClN2OS/c14-10-3-1-2-4-12(10)17-8-9-5-6-16-11(7-9)13(15)18/h1-7H,8H2,(H2,15,18). The summed E-state index contributed by atoms with van der Waals surface area (Å²) in [5.74, 6) is 0.646. The summed E-state index contributed by atoms with van der Waals surface area (Å²) in [4.78, 5) is 4.34. The molecule has 0 saturated carbocycles. The molecule has 2 N–H and O–H groups in total. The molecule has 3 nitrogen and oxygen atoms in total. The first-order valence-electron chi connectivity index (χ1n) is 5.29. The Labute approximate surface area is 116 Å². The minimum absolute atomic E-state index is 0.273. The smallest absolute Gasteiger partial charge is 0.138 e. The second kappa shape index (κ2) is 5.80. The van der Waals surface area contributed by atoms with Crippen LogP contribution < -0.4 is 10.5 Å². The number of aromatic nitrogens is 1. The van der Waals surface area contributed by atoms with Gasteiger partial charge in [0.2, 0.25) is 0 Å². The lowest BCUT2D eigenvalue weighted by Crippen LogP contribution is -2.12. The minimum atomic E-state index is 0.273. The van der Waals surface area contributed by atoms with Gasteiger partial charge < -0.3 is 10.5 Å². The second-order valence-corrected chi connectivity index (χ2v) is 4.48. The quantitative estimate of drug-likeness (QED) is 0.874. The number of hydrogen-bond donors (Lipinski definition) is 1. The largest absolute Gasteiger partial charge is 0.487 e. The van der Waals surface area contributed by atoms with Gasteiger partial charge in [-0.15, -0.1) is 0 Å². The lowest BCUT2D eigenvalue weighted by atomic mass is 10.2. The molecule has 0 radical (unpaired) electrons. The molecule has 5 heteroatoms. The summed E-state index contributed by atoms with van der Waals surface area (Å²) in [5, 5.41) is 0.584. The van der Waals surface area contributed by atoms with E-state index in [4.69, 9.17) is 34.3 Å². The summed E-state index contributed by atoms with van der Waals surface area (Å²) < 4.78 is 5.61. The number of nitrogens with zero attached hydrogens (tertiary/aromatic N) is 1. The molecule has 2 rings (SSSR count). The van der Waals surface area contributed by atoms with Crippen LogP contribution in [0.3, 0.4) is 0 Å². The second-order valence-electron chi connectivity index (χ2n) is 3.63. The molecule has 0 spiro atoms. The van der Waals surface area contributed by atoms with E-state index in [1.807, 2.05) is 24.3 Å². The van der Waals surface area contributed by atoms with E-state index in [2.05, 4.69) is 4.98 Å². The maximum Gasteiger partial charge on any atom is 0.138 e. The summed E-state index contributed by atoms with van der Waals surface area (Å²) in [6.45, 7) is 0.391. The number of para-hydroxylation sites is 1. The summed E-state index contributed by atoms with van der Waals surface area (Å²) >= 11 is 10.9. The monoisotopic (exact) mass is 278 g/mol. The number of pyridine rings is 1. The summed E-state index contributed by atoms with van der Waals surface area (Å²) in [5.41, 5.74) is 7.05. The van der Waals surface area contributed by atoms with Crippen LogP contribution in [0.5, 0.6) is 5.75 Å². The van der Waals surface area contributed by atoms with Crippen LogP contribution in [0, 0.1) is 0 Å². The Bertz CT molecular complexity index is 574. The lowest BCUT2D eigenvalue weighted by molar-refractivity contribution is 0.306. The molecule has 0 aliphatic rings. The number of halogens is 1. The van der Waals surface area contributed by atoms with Crippen molar-refractivity contribution < 1.29 is 4.74 Å². The number of nitrogens with two attached hydrogens (primary N) is 1. The van der Waals surface area contributed by atoms with Crippen LogP contribution >= 0.6 is 23.8 Å². The Morgan fingerprint density at radius 3 is 2.83 bits per heavy atom. The lowest BCUT2D eigenvalue weighted by Gasteiger charge is -2.08. The molecule has 18 heavy (non-hydrogen) atoms. The molecule has 0 aliphatic carbocycles. The van der Waals surface area contributed by atoms with Gasteiger partial charge in [0.05, 0.1) is 10.7 Å². The SMILES string of the molecule is NC(=S)c1cc(COc2ccccc2Cl)ccn1. The predicted molar refractivity (Wildman–Crippen MR) is 75.9 cm³/mol. The van der Waals surface area contributed by atoms with Gasteiger partial charge in [0.15, 0.2) is 0 Å². The molecule has 0 unspecified atom stereocenters. The van der Waals surface area contributed by atoms with Crippen LogP contribution in [0.4, 0.5) is 0 Å². The van der Waals surface area contributed by atoms with Crippen LogP contribution in [0.2, 0.25) is 5.02 Å². The molecule has 1 aromatic heterocycles. The van der Waals surface area contributed by atoms with Crippen molar-refractivity contribution >= 4 is 28.8 Å². The number of rotatable bonds is 4. The third-order valence-electron chi connectivity index (χ3n) is 2.31. The van der Waals surface area contributed by atoms with Crippen molar-refractivity contribution in [3.63, 3.8) is 0 Å². The first kappa shape index (κ1) is 12.8. The predicted octanol–water partition coefficient (Wildman–Crippen LogP) is 2.95. The first-order valence-corrected chi connectivity index (χ1v) is 6.07. The van der Waals surface area contributed by atoms with E-state index in [0.717, 1.165) is 5.56 Å². The van der Waals surface area contributed by atoms with Crippen molar-refractivity contribution in [2.24, 2.45) is 5.73 Å². The first-order chi connectivity index (χ1) is 8.66. The molecule has 0 bridgehead atoms. The highest BCUT2D eigenvalue weighted by Gasteiger charge is 2.03. The summed E-state index contributed by atoms with van der Waals surface area (Å²) in [7, 11) is 0. The van der Waals surface area contributed by atoms with Crippen LogP contribution in [-0.4, -0.2) is 9.97 Å². The van der Waals surface area contributed by atoms with Crippen LogP contribution in [-0.2, 0) is 6.61 Å². The minimum Gasteiger partial charge on any atom is -0.487 e. The Morgan fingerprint density at radius 2 is 2.11 bits per heavy atom. The topological polar surface area (TPSA) is 48.1 Å². The molecule has 0 fully saturated rings. The number of ether oxygens (including phenoxy) is 1. The fraction of sp³-hybridized carbons (Fsp3) is 0.0769. The average molecular weight is 279 g/mol. The maximum absolute atomic E-state index is 5.99. The molecule has 1 aromatic carbocycles. The Kier molecular flexibility index (Phi) is 4.12. The van der Waals surface area contributed by atoms with Crippen molar-refractivity contribution in [1.82, 2.24) is 4.98 Å². The highest BCUT2D eigenvalue weighted by Crippen LogP contribution is 2.24. The zero-order chi connectivity index (χ0) is 13.0. The van der Waals surface area contributed by atoms with E-state index in [0.29, 0.717) is 23.1 Å². The Morgan fingerprint density at radius 1 is 1.33 bits per heavy atom. The van der Waals surface area contributed by atoms with Crippen molar-refractivity contribution in [3.8, 4) is 5.75 Å². The molecule has 0 atom stereocenters. The van der Waals surface area contributed by atoms with E-state index < -0.39 is 0 Å². The van der Waals surface area contributed by atoms with E-state index in [1.54, 1.807) is 18.3 Å².